The van der Waals surface area contributed by atoms with Crippen molar-refractivity contribution in [2.45, 2.75) is 19.3 Å². The van der Waals surface area contributed by atoms with Crippen molar-refractivity contribution in [1.29, 1.82) is 0 Å². The largest absolute Gasteiger partial charge is 0.439 e. The van der Waals surface area contributed by atoms with Gasteiger partial charge in [0, 0.05) is 13.1 Å². The highest BCUT2D eigenvalue weighted by Gasteiger charge is 2.16. The normalized spacial score (nSPS) is 18.1. The zero-order valence-electron chi connectivity index (χ0n) is 6.45. The number of ether oxygens (including phenoxy) is 1. The van der Waals surface area contributed by atoms with Gasteiger partial charge in [0.1, 0.15) is 5.94 Å². The average molecular weight is 175 g/mol. The van der Waals surface area contributed by atoms with E-state index in [1.54, 1.807) is 4.90 Å². The third kappa shape index (κ3) is 2.61. The number of likely N-dealkylation sites (tertiary alicyclic amines) is 1. The Labute approximate surface area is 72.1 Å². The number of piperidine rings is 1. The fraction of sp³-hybridized carbons (Fsp3) is 0.857. The molecule has 64 valence electrons. The van der Waals surface area contributed by atoms with Crippen molar-refractivity contribution >= 4 is 18.7 Å². The molecule has 4 heteroatoms. The lowest BCUT2D eigenvalue weighted by atomic mass is 10.1. The number of amides is 1. The Hall–Kier alpha value is -0.380. The molecule has 0 aromatic heterocycles. The van der Waals surface area contributed by atoms with Crippen LogP contribution in [0.15, 0.2) is 0 Å². The van der Waals surface area contributed by atoms with Gasteiger partial charge in [0.2, 0.25) is 0 Å². The molecule has 0 unspecified atom stereocenters. The van der Waals surface area contributed by atoms with Gasteiger partial charge in [0.25, 0.3) is 0 Å². The molecule has 0 radical (unpaired) electrons. The molecule has 0 aliphatic carbocycles. The van der Waals surface area contributed by atoms with E-state index in [4.69, 9.17) is 4.74 Å². The maximum absolute atomic E-state index is 11.1. The second-order valence-electron chi connectivity index (χ2n) is 2.59. The summed E-state index contributed by atoms with van der Waals surface area (Å²) in [5.41, 5.74) is 0. The van der Waals surface area contributed by atoms with Gasteiger partial charge in [0.05, 0.1) is 0 Å². The monoisotopic (exact) mass is 175 g/mol. The van der Waals surface area contributed by atoms with Gasteiger partial charge in [-0.25, -0.2) is 4.79 Å². The maximum atomic E-state index is 11.1. The van der Waals surface area contributed by atoms with E-state index in [1.807, 2.05) is 0 Å². The number of hydrogen-bond donors (Lipinski definition) is 1. The minimum absolute atomic E-state index is 0.176. The topological polar surface area (TPSA) is 29.5 Å². The minimum atomic E-state index is -0.222. The summed E-state index contributed by atoms with van der Waals surface area (Å²) in [4.78, 5) is 12.8. The molecule has 0 spiro atoms. The van der Waals surface area contributed by atoms with Crippen molar-refractivity contribution in [1.82, 2.24) is 4.90 Å². The molecule has 0 aromatic rings. The molecule has 3 nitrogen and oxygen atoms in total. The van der Waals surface area contributed by atoms with Crippen molar-refractivity contribution in [3.8, 4) is 0 Å². The average Bonchev–Trinajstić information content (AvgIpc) is 2.07. The highest BCUT2D eigenvalue weighted by atomic mass is 32.1. The van der Waals surface area contributed by atoms with Gasteiger partial charge in [-0.15, -0.1) is 12.6 Å². The second kappa shape index (κ2) is 4.49. The number of carbonyl (C=O) groups excluding carboxylic acids is 1. The molecule has 0 N–H and O–H groups in total. The number of nitrogens with zero attached hydrogens (tertiary/aromatic N) is 1. The smallest absolute Gasteiger partial charge is 0.410 e. The summed E-state index contributed by atoms with van der Waals surface area (Å²) < 4.78 is 4.73. The first kappa shape index (κ1) is 8.71. The quantitative estimate of drug-likeness (QED) is 0.483. The summed E-state index contributed by atoms with van der Waals surface area (Å²) in [7, 11) is 0. The lowest BCUT2D eigenvalue weighted by molar-refractivity contribution is 0.111. The van der Waals surface area contributed by atoms with Crippen LogP contribution in [-0.4, -0.2) is 30.0 Å². The zero-order valence-corrected chi connectivity index (χ0v) is 7.35. The fourth-order valence-electron chi connectivity index (χ4n) is 1.22. The van der Waals surface area contributed by atoms with Crippen LogP contribution in [0.1, 0.15) is 19.3 Å². The summed E-state index contributed by atoms with van der Waals surface area (Å²) >= 11 is 3.81. The maximum Gasteiger partial charge on any atom is 0.410 e. The van der Waals surface area contributed by atoms with Crippen LogP contribution in [0, 0.1) is 0 Å². The van der Waals surface area contributed by atoms with Crippen LogP contribution < -0.4 is 0 Å². The van der Waals surface area contributed by atoms with Gasteiger partial charge in [-0.3, -0.25) is 0 Å². The van der Waals surface area contributed by atoms with Crippen LogP contribution in [0.5, 0.6) is 0 Å². The summed E-state index contributed by atoms with van der Waals surface area (Å²) in [5, 5.41) is 0. The first-order chi connectivity index (χ1) is 5.34. The van der Waals surface area contributed by atoms with Crippen LogP contribution in [0.2, 0.25) is 0 Å². The number of hydrogen-bond acceptors (Lipinski definition) is 3. The van der Waals surface area contributed by atoms with E-state index in [2.05, 4.69) is 12.6 Å². The van der Waals surface area contributed by atoms with Crippen LogP contribution in [-0.2, 0) is 4.74 Å². The second-order valence-corrected chi connectivity index (χ2v) is 2.85. The van der Waals surface area contributed by atoms with E-state index in [1.165, 1.54) is 6.42 Å². The molecular formula is C7H13NO2S. The van der Waals surface area contributed by atoms with Crippen molar-refractivity contribution in [2.24, 2.45) is 0 Å². The van der Waals surface area contributed by atoms with Crippen molar-refractivity contribution < 1.29 is 9.53 Å². The Bertz CT molecular complexity index is 134. The summed E-state index contributed by atoms with van der Waals surface area (Å²) in [6.07, 6.45) is 3.20. The van der Waals surface area contributed by atoms with Gasteiger partial charge >= 0.3 is 6.09 Å². The molecule has 1 aliphatic rings. The van der Waals surface area contributed by atoms with Crippen LogP contribution in [0.4, 0.5) is 4.79 Å². The highest BCUT2D eigenvalue weighted by Crippen LogP contribution is 2.09. The number of rotatable bonds is 1. The van der Waals surface area contributed by atoms with Gasteiger partial charge in [-0.1, -0.05) is 0 Å². The van der Waals surface area contributed by atoms with E-state index < -0.39 is 0 Å². The zero-order chi connectivity index (χ0) is 8.10. The highest BCUT2D eigenvalue weighted by molar-refractivity contribution is 7.80. The van der Waals surface area contributed by atoms with Crippen LogP contribution in [0.25, 0.3) is 0 Å². The summed E-state index contributed by atoms with van der Waals surface area (Å²) in [6.45, 7) is 1.68. The molecule has 1 aliphatic heterocycles. The van der Waals surface area contributed by atoms with E-state index in [9.17, 15) is 4.79 Å². The summed E-state index contributed by atoms with van der Waals surface area (Å²) in [6, 6.07) is 0. The standard InChI is InChI=1S/C7H13NO2S/c9-7(10-6-11)8-4-2-1-3-5-8/h11H,1-6H2. The molecule has 1 saturated heterocycles. The Balaban J connectivity index is 2.27. The molecule has 1 fully saturated rings. The Morgan fingerprint density at radius 3 is 2.55 bits per heavy atom. The van der Waals surface area contributed by atoms with Crippen molar-refractivity contribution in [3.05, 3.63) is 0 Å². The molecule has 1 rings (SSSR count). The molecule has 11 heavy (non-hydrogen) atoms. The van der Waals surface area contributed by atoms with E-state index in [0.717, 1.165) is 25.9 Å². The predicted octanol–water partition coefficient (Wildman–Crippen LogP) is 1.50. The van der Waals surface area contributed by atoms with Gasteiger partial charge in [0.15, 0.2) is 0 Å². The Morgan fingerprint density at radius 2 is 2.00 bits per heavy atom. The van der Waals surface area contributed by atoms with Gasteiger partial charge < -0.3 is 9.64 Å². The molecule has 0 bridgehead atoms. The van der Waals surface area contributed by atoms with Crippen molar-refractivity contribution in [3.63, 3.8) is 0 Å². The molecule has 1 amide bonds. The van der Waals surface area contributed by atoms with E-state index >= 15 is 0 Å². The molecule has 0 aromatic carbocycles. The third-order valence-electron chi connectivity index (χ3n) is 1.80. The van der Waals surface area contributed by atoms with Gasteiger partial charge in [-0.05, 0) is 19.3 Å². The Kier molecular flexibility index (Phi) is 3.56. The third-order valence-corrected chi connectivity index (χ3v) is 1.93. The van der Waals surface area contributed by atoms with Gasteiger partial charge in [-0.2, -0.15) is 0 Å². The minimum Gasteiger partial charge on any atom is -0.439 e. The summed E-state index contributed by atoms with van der Waals surface area (Å²) in [5.74, 6) is 0.176. The number of thiol groups is 1. The van der Waals surface area contributed by atoms with Crippen LogP contribution >= 0.6 is 12.6 Å². The molecule has 0 atom stereocenters. The fourth-order valence-corrected chi connectivity index (χ4v) is 1.33. The SMILES string of the molecule is O=C(OCS)N1CCCCC1. The lowest BCUT2D eigenvalue weighted by Gasteiger charge is -2.25. The Morgan fingerprint density at radius 1 is 1.36 bits per heavy atom. The number of carbonyl (C=O) groups is 1. The van der Waals surface area contributed by atoms with E-state index in [0.29, 0.717) is 0 Å². The first-order valence-corrected chi connectivity index (χ1v) is 4.50. The lowest BCUT2D eigenvalue weighted by Crippen LogP contribution is -2.35. The van der Waals surface area contributed by atoms with E-state index in [-0.39, 0.29) is 12.0 Å². The first-order valence-electron chi connectivity index (χ1n) is 3.87. The van der Waals surface area contributed by atoms with Crippen LogP contribution in [0.3, 0.4) is 0 Å². The molecule has 0 saturated carbocycles. The predicted molar refractivity (Wildman–Crippen MR) is 45.8 cm³/mol. The molecular weight excluding hydrogens is 162 g/mol. The van der Waals surface area contributed by atoms with Crippen molar-refractivity contribution in [2.75, 3.05) is 19.0 Å². The molecule has 1 heterocycles.